The smallest absolute Gasteiger partial charge is 0.0985 e. The van der Waals surface area contributed by atoms with Crippen LogP contribution in [0.2, 0.25) is 0 Å². The van der Waals surface area contributed by atoms with Crippen LogP contribution in [-0.4, -0.2) is 14.9 Å². The number of aliphatic hydroxyl groups is 1. The average Bonchev–Trinajstić information content (AvgIpc) is 2.75. The maximum absolute atomic E-state index is 10.2. The fourth-order valence-electron chi connectivity index (χ4n) is 2.20. The van der Waals surface area contributed by atoms with E-state index in [1.165, 1.54) is 5.56 Å². The first kappa shape index (κ1) is 13.8. The van der Waals surface area contributed by atoms with Crippen LogP contribution in [0.15, 0.2) is 36.7 Å². The first-order chi connectivity index (χ1) is 9.04. The van der Waals surface area contributed by atoms with E-state index < -0.39 is 6.10 Å². The Bertz CT molecular complexity index is 514. The Kier molecular flexibility index (Phi) is 4.38. The minimum atomic E-state index is -0.507. The number of hydrogen-bond acceptors (Lipinski definition) is 2. The lowest BCUT2D eigenvalue weighted by molar-refractivity contribution is 0.151. The van der Waals surface area contributed by atoms with Crippen molar-refractivity contribution < 1.29 is 5.11 Å². The summed E-state index contributed by atoms with van der Waals surface area (Å²) in [5.74, 6) is 0.655. The van der Waals surface area contributed by atoms with Crippen molar-refractivity contribution in [1.29, 1.82) is 0 Å². The minimum Gasteiger partial charge on any atom is -0.386 e. The van der Waals surface area contributed by atoms with E-state index in [-0.39, 0.29) is 0 Å². The van der Waals surface area contributed by atoms with Crippen LogP contribution in [0.1, 0.15) is 36.6 Å². The summed E-state index contributed by atoms with van der Waals surface area (Å²) in [6, 6.07) is 8.23. The highest BCUT2D eigenvalue weighted by molar-refractivity contribution is 5.24. The molecule has 0 amide bonds. The van der Waals surface area contributed by atoms with Crippen LogP contribution in [-0.2, 0) is 13.0 Å². The van der Waals surface area contributed by atoms with Gasteiger partial charge in [-0.05, 0) is 36.0 Å². The van der Waals surface area contributed by atoms with Gasteiger partial charge >= 0.3 is 0 Å². The third-order valence-electron chi connectivity index (χ3n) is 3.13. The predicted octanol–water partition coefficient (Wildman–Crippen LogP) is 3.12. The van der Waals surface area contributed by atoms with E-state index in [9.17, 15) is 5.11 Å². The van der Waals surface area contributed by atoms with Gasteiger partial charge in [0.2, 0.25) is 0 Å². The lowest BCUT2D eigenvalue weighted by Crippen LogP contribution is -2.09. The Morgan fingerprint density at radius 2 is 1.89 bits per heavy atom. The Morgan fingerprint density at radius 1 is 1.21 bits per heavy atom. The maximum Gasteiger partial charge on any atom is 0.0985 e. The van der Waals surface area contributed by atoms with E-state index in [2.05, 4.69) is 31.1 Å². The van der Waals surface area contributed by atoms with Crippen molar-refractivity contribution in [3.8, 4) is 0 Å². The molecule has 0 spiro atoms. The standard InChI is InChI=1S/C16H22N2O/c1-12(2)8-14-4-6-15(7-5-14)16(19)11-18-10-13(3)9-17-18/h4-7,9-10,12,16,19H,8,11H2,1-3H3. The quantitative estimate of drug-likeness (QED) is 0.894. The maximum atomic E-state index is 10.2. The predicted molar refractivity (Wildman–Crippen MR) is 76.9 cm³/mol. The van der Waals surface area contributed by atoms with Crippen LogP contribution in [0.4, 0.5) is 0 Å². The summed E-state index contributed by atoms with van der Waals surface area (Å²) in [5, 5.41) is 14.4. The van der Waals surface area contributed by atoms with Crippen molar-refractivity contribution in [3.05, 3.63) is 53.3 Å². The zero-order chi connectivity index (χ0) is 13.8. The van der Waals surface area contributed by atoms with Crippen LogP contribution in [0.3, 0.4) is 0 Å². The van der Waals surface area contributed by atoms with Crippen LogP contribution >= 0.6 is 0 Å². The number of aliphatic hydroxyl groups excluding tert-OH is 1. The third-order valence-corrected chi connectivity index (χ3v) is 3.13. The molecule has 0 aliphatic rings. The first-order valence-electron chi connectivity index (χ1n) is 6.80. The Hall–Kier alpha value is -1.61. The lowest BCUT2D eigenvalue weighted by atomic mass is 10.0. The van der Waals surface area contributed by atoms with Gasteiger partial charge in [0.1, 0.15) is 0 Å². The number of rotatable bonds is 5. The Balaban J connectivity index is 2.01. The summed E-state index contributed by atoms with van der Waals surface area (Å²) in [4.78, 5) is 0. The zero-order valence-corrected chi connectivity index (χ0v) is 11.9. The summed E-state index contributed by atoms with van der Waals surface area (Å²) in [5.41, 5.74) is 3.38. The molecule has 1 N–H and O–H groups in total. The summed E-state index contributed by atoms with van der Waals surface area (Å²) < 4.78 is 1.78. The fraction of sp³-hybridized carbons (Fsp3) is 0.438. The Labute approximate surface area is 114 Å². The molecule has 1 unspecified atom stereocenters. The van der Waals surface area contributed by atoms with Crippen LogP contribution < -0.4 is 0 Å². The molecule has 1 heterocycles. The molecule has 1 atom stereocenters. The van der Waals surface area contributed by atoms with E-state index in [1.54, 1.807) is 10.9 Å². The lowest BCUT2D eigenvalue weighted by Gasteiger charge is -2.12. The Morgan fingerprint density at radius 3 is 2.42 bits per heavy atom. The van der Waals surface area contributed by atoms with E-state index in [4.69, 9.17) is 0 Å². The number of benzene rings is 1. The second kappa shape index (κ2) is 6.02. The third kappa shape index (κ3) is 3.93. The normalized spacial score (nSPS) is 12.9. The van der Waals surface area contributed by atoms with Gasteiger partial charge in [-0.1, -0.05) is 38.1 Å². The number of nitrogens with zero attached hydrogens (tertiary/aromatic N) is 2. The summed E-state index contributed by atoms with van der Waals surface area (Å²) in [6.45, 7) is 6.92. The largest absolute Gasteiger partial charge is 0.386 e. The van der Waals surface area contributed by atoms with E-state index in [1.807, 2.05) is 25.3 Å². The molecule has 0 saturated heterocycles. The van der Waals surface area contributed by atoms with Crippen LogP contribution in [0.25, 0.3) is 0 Å². The van der Waals surface area contributed by atoms with Crippen molar-refractivity contribution in [2.45, 2.75) is 39.8 Å². The monoisotopic (exact) mass is 258 g/mol. The van der Waals surface area contributed by atoms with Gasteiger partial charge in [-0.25, -0.2) is 0 Å². The van der Waals surface area contributed by atoms with Gasteiger partial charge in [-0.2, -0.15) is 5.10 Å². The number of aromatic nitrogens is 2. The molecule has 1 aromatic heterocycles. The highest BCUT2D eigenvalue weighted by atomic mass is 16.3. The van der Waals surface area contributed by atoms with Crippen molar-refractivity contribution >= 4 is 0 Å². The van der Waals surface area contributed by atoms with Gasteiger partial charge in [0, 0.05) is 6.20 Å². The zero-order valence-electron chi connectivity index (χ0n) is 11.9. The van der Waals surface area contributed by atoms with Gasteiger partial charge in [-0.3, -0.25) is 4.68 Å². The molecule has 0 aliphatic heterocycles. The van der Waals surface area contributed by atoms with Gasteiger partial charge in [0.15, 0.2) is 0 Å². The summed E-state index contributed by atoms with van der Waals surface area (Å²) in [6.07, 6.45) is 4.32. The van der Waals surface area contributed by atoms with E-state index in [0.29, 0.717) is 12.5 Å². The average molecular weight is 258 g/mol. The van der Waals surface area contributed by atoms with Gasteiger partial charge in [0.05, 0.1) is 18.8 Å². The van der Waals surface area contributed by atoms with Crippen LogP contribution in [0, 0.1) is 12.8 Å². The van der Waals surface area contributed by atoms with E-state index >= 15 is 0 Å². The summed E-state index contributed by atoms with van der Waals surface area (Å²) >= 11 is 0. The molecule has 0 radical (unpaired) electrons. The molecule has 0 fully saturated rings. The molecule has 3 heteroatoms. The molecule has 102 valence electrons. The molecule has 2 aromatic rings. The van der Waals surface area contributed by atoms with Crippen molar-refractivity contribution in [3.63, 3.8) is 0 Å². The fourth-order valence-corrected chi connectivity index (χ4v) is 2.20. The molecular weight excluding hydrogens is 236 g/mol. The topological polar surface area (TPSA) is 38.0 Å². The second-order valence-corrected chi connectivity index (χ2v) is 5.60. The SMILES string of the molecule is Cc1cnn(CC(O)c2ccc(CC(C)C)cc2)c1. The molecule has 19 heavy (non-hydrogen) atoms. The highest BCUT2D eigenvalue weighted by Gasteiger charge is 2.09. The highest BCUT2D eigenvalue weighted by Crippen LogP contribution is 2.17. The summed E-state index contributed by atoms with van der Waals surface area (Å²) in [7, 11) is 0. The molecule has 0 bridgehead atoms. The molecule has 3 nitrogen and oxygen atoms in total. The molecular formula is C16H22N2O. The minimum absolute atomic E-state index is 0.497. The molecule has 2 rings (SSSR count). The van der Waals surface area contributed by atoms with Crippen molar-refractivity contribution in [2.75, 3.05) is 0 Å². The molecule has 0 aliphatic carbocycles. The van der Waals surface area contributed by atoms with E-state index in [0.717, 1.165) is 17.5 Å². The van der Waals surface area contributed by atoms with Crippen molar-refractivity contribution in [2.24, 2.45) is 5.92 Å². The molecule has 0 saturated carbocycles. The van der Waals surface area contributed by atoms with Crippen molar-refractivity contribution in [1.82, 2.24) is 9.78 Å². The van der Waals surface area contributed by atoms with Crippen LogP contribution in [0.5, 0.6) is 0 Å². The van der Waals surface area contributed by atoms with Gasteiger partial charge in [0.25, 0.3) is 0 Å². The number of hydrogen-bond donors (Lipinski definition) is 1. The number of aryl methyl sites for hydroxylation is 1. The molecule has 1 aromatic carbocycles. The second-order valence-electron chi connectivity index (χ2n) is 5.60. The van der Waals surface area contributed by atoms with Gasteiger partial charge in [-0.15, -0.1) is 0 Å². The van der Waals surface area contributed by atoms with Gasteiger partial charge < -0.3 is 5.11 Å². The first-order valence-corrected chi connectivity index (χ1v) is 6.80.